The highest BCUT2D eigenvalue weighted by atomic mass is 16.5. The fraction of sp³-hybridized carbons (Fsp3) is 0.172. The molecule has 0 bridgehead atoms. The molecule has 0 aliphatic carbocycles. The molecular formula is C29H27N5O4. The van der Waals surface area contributed by atoms with Crippen LogP contribution in [0, 0.1) is 13.8 Å². The van der Waals surface area contributed by atoms with Gasteiger partial charge in [-0.15, -0.1) is 0 Å². The van der Waals surface area contributed by atoms with E-state index in [9.17, 15) is 14.4 Å². The quantitative estimate of drug-likeness (QED) is 0.341. The molecule has 9 nitrogen and oxygen atoms in total. The first kappa shape index (κ1) is 19.2. The van der Waals surface area contributed by atoms with Crippen molar-refractivity contribution in [2.75, 3.05) is 5.32 Å². The van der Waals surface area contributed by atoms with Gasteiger partial charge in [-0.25, -0.2) is 4.98 Å². The number of aromatic nitrogens is 3. The molecule has 0 spiro atoms. The van der Waals surface area contributed by atoms with Gasteiger partial charge in [0.05, 0.1) is 11.1 Å². The van der Waals surface area contributed by atoms with Crippen LogP contribution in [0.2, 0.25) is 0 Å². The molecule has 0 radical (unpaired) electrons. The highest BCUT2D eigenvalue weighted by Gasteiger charge is 2.21. The Morgan fingerprint density at radius 1 is 1.11 bits per heavy atom. The van der Waals surface area contributed by atoms with Crippen LogP contribution >= 0.6 is 0 Å². The zero-order valence-electron chi connectivity index (χ0n) is 25.8. The lowest BCUT2D eigenvalue weighted by Gasteiger charge is -2.12. The molecule has 0 unspecified atom stereocenters. The number of hydrogen-bond acceptors (Lipinski definition) is 5. The van der Waals surface area contributed by atoms with Crippen LogP contribution in [0.25, 0.3) is 33.3 Å². The topological polar surface area (TPSA) is 125 Å². The molecule has 2 amide bonds. The van der Waals surface area contributed by atoms with Crippen molar-refractivity contribution in [1.29, 1.82) is 0 Å². The Morgan fingerprint density at radius 2 is 1.84 bits per heavy atom. The van der Waals surface area contributed by atoms with E-state index in [1.54, 1.807) is 56.3 Å². The van der Waals surface area contributed by atoms with E-state index in [0.717, 1.165) is 9.31 Å². The van der Waals surface area contributed by atoms with E-state index in [-0.39, 0.29) is 33.7 Å². The Bertz CT molecular complexity index is 1970. The third-order valence-electron chi connectivity index (χ3n) is 6.23. The second-order valence-electron chi connectivity index (χ2n) is 8.83. The van der Waals surface area contributed by atoms with Crippen LogP contribution in [0.5, 0.6) is 0 Å². The lowest BCUT2D eigenvalue weighted by Crippen LogP contribution is -2.17. The lowest BCUT2D eigenvalue weighted by atomic mass is 10.0. The number of nitrogens with zero attached hydrogens (tertiary/aromatic N) is 3. The Morgan fingerprint density at radius 3 is 2.50 bits per heavy atom. The van der Waals surface area contributed by atoms with Gasteiger partial charge < -0.3 is 20.1 Å². The van der Waals surface area contributed by atoms with Gasteiger partial charge >= 0.3 is 0 Å². The molecule has 3 heterocycles. The van der Waals surface area contributed by atoms with Crippen molar-refractivity contribution in [3.63, 3.8) is 0 Å². The summed E-state index contributed by atoms with van der Waals surface area (Å²) in [6.45, 7) is -2.79. The van der Waals surface area contributed by atoms with Crippen LogP contribution in [0.4, 0.5) is 5.69 Å². The summed E-state index contributed by atoms with van der Waals surface area (Å²) in [7, 11) is 1.50. The Hall–Kier alpha value is -4.92. The van der Waals surface area contributed by atoms with Crippen molar-refractivity contribution in [3.8, 4) is 22.4 Å². The van der Waals surface area contributed by atoms with Gasteiger partial charge in [0.2, 0.25) is 5.91 Å². The third kappa shape index (κ3) is 4.28. The standard InChI is InChI=1S/C29H27N5O4/c1-5-34-23(18-9-11-19(12-10-18)24-17(3)38-33(4)29(24)37)15-21-13-16(2)31-25(26(21)34)28(36)32-22-8-6-7-20(14-22)27(30)35/h6-15H,5H2,1-4H3,(H2,30,35)(H,32,36)/i1D3,5D2. The second-order valence-corrected chi connectivity index (χ2v) is 8.83. The number of rotatable bonds is 6. The number of amides is 2. The van der Waals surface area contributed by atoms with Crippen molar-refractivity contribution in [2.24, 2.45) is 12.8 Å². The molecule has 38 heavy (non-hydrogen) atoms. The van der Waals surface area contributed by atoms with Crippen molar-refractivity contribution in [3.05, 3.63) is 93.7 Å². The van der Waals surface area contributed by atoms with Gasteiger partial charge in [-0.2, -0.15) is 4.74 Å². The Kier molecular flexibility index (Phi) is 4.81. The van der Waals surface area contributed by atoms with Crippen molar-refractivity contribution in [1.82, 2.24) is 14.3 Å². The van der Waals surface area contributed by atoms with Crippen LogP contribution in [0.1, 0.15) is 46.0 Å². The maximum absolute atomic E-state index is 13.6. The molecule has 0 aliphatic heterocycles. The molecule has 0 aliphatic rings. The average Bonchev–Trinajstić information content (AvgIpc) is 3.44. The molecule has 3 N–H and O–H groups in total. The molecular weight excluding hydrogens is 482 g/mol. The number of aryl methyl sites for hydroxylation is 4. The molecule has 0 saturated carbocycles. The van der Waals surface area contributed by atoms with E-state index in [0.29, 0.717) is 33.5 Å². The molecule has 5 rings (SSSR count). The lowest BCUT2D eigenvalue weighted by molar-refractivity contribution is 0.0995. The number of nitrogens with two attached hydrogens (primary N) is 1. The first-order valence-electron chi connectivity index (χ1n) is 14.1. The predicted molar refractivity (Wildman–Crippen MR) is 146 cm³/mol. The minimum Gasteiger partial charge on any atom is -0.381 e. The summed E-state index contributed by atoms with van der Waals surface area (Å²) in [6, 6.07) is 15.8. The summed E-state index contributed by atoms with van der Waals surface area (Å²) >= 11 is 0. The first-order valence-corrected chi connectivity index (χ1v) is 11.6. The first-order chi connectivity index (χ1) is 20.1. The molecule has 5 aromatic rings. The zero-order chi connectivity index (χ0) is 31.4. The van der Waals surface area contributed by atoms with Crippen LogP contribution in [0.15, 0.2) is 70.0 Å². The molecule has 0 atom stereocenters. The van der Waals surface area contributed by atoms with Crippen molar-refractivity contribution >= 4 is 28.4 Å². The van der Waals surface area contributed by atoms with Gasteiger partial charge in [0.25, 0.3) is 11.5 Å². The van der Waals surface area contributed by atoms with E-state index in [4.69, 9.17) is 17.1 Å². The number of fused-ring (bicyclic) bond motifs is 1. The normalized spacial score (nSPS) is 13.8. The van der Waals surface area contributed by atoms with E-state index in [1.165, 1.54) is 25.2 Å². The predicted octanol–water partition coefficient (Wildman–Crippen LogP) is 4.65. The molecule has 0 saturated heterocycles. The van der Waals surface area contributed by atoms with E-state index >= 15 is 0 Å². The van der Waals surface area contributed by atoms with E-state index in [1.807, 2.05) is 0 Å². The van der Waals surface area contributed by atoms with Gasteiger partial charge in [-0.05, 0) is 62.2 Å². The summed E-state index contributed by atoms with van der Waals surface area (Å²) in [5, 5.41) is 3.04. The number of primary amides is 1. The summed E-state index contributed by atoms with van der Waals surface area (Å²) in [5.41, 5.74) is 7.17. The molecule has 9 heteroatoms. The van der Waals surface area contributed by atoms with Crippen LogP contribution in [-0.4, -0.2) is 26.1 Å². The van der Waals surface area contributed by atoms with Gasteiger partial charge in [-0.1, -0.05) is 30.3 Å². The third-order valence-corrected chi connectivity index (χ3v) is 6.23. The minimum absolute atomic E-state index is 0.0334. The SMILES string of the molecule is [2H]C([2H])([2H])C([2H])([2H])n1c(-c2ccc(-c3c(C)on(C)c3=O)cc2)cc2cc(C)nc(C(=O)Nc3cccc(C(N)=O)c3)c21. The van der Waals surface area contributed by atoms with Crippen LogP contribution in [-0.2, 0) is 13.5 Å². The van der Waals surface area contributed by atoms with Crippen LogP contribution < -0.4 is 16.6 Å². The number of hydrogen-bond donors (Lipinski definition) is 2. The molecule has 0 fully saturated rings. The van der Waals surface area contributed by atoms with Crippen molar-refractivity contribution in [2.45, 2.75) is 27.2 Å². The highest BCUT2D eigenvalue weighted by molar-refractivity contribution is 6.12. The van der Waals surface area contributed by atoms with Gasteiger partial charge in [0.1, 0.15) is 5.76 Å². The highest BCUT2D eigenvalue weighted by Crippen LogP contribution is 2.32. The number of carbonyl (C=O) groups excluding carboxylic acids is 2. The maximum atomic E-state index is 13.6. The molecule has 2 aromatic carbocycles. The maximum Gasteiger partial charge on any atom is 0.290 e. The summed E-state index contributed by atoms with van der Waals surface area (Å²) in [5.74, 6) is -1.01. The molecule has 192 valence electrons. The van der Waals surface area contributed by atoms with E-state index in [2.05, 4.69) is 10.3 Å². The Balaban J connectivity index is 1.71. The fourth-order valence-electron chi connectivity index (χ4n) is 4.53. The molecule has 3 aromatic heterocycles. The number of benzene rings is 2. The minimum atomic E-state index is -3.14. The fourth-order valence-corrected chi connectivity index (χ4v) is 4.53. The van der Waals surface area contributed by atoms with Gasteiger partial charge in [-0.3, -0.25) is 14.4 Å². The summed E-state index contributed by atoms with van der Waals surface area (Å²) < 4.78 is 49.0. The Labute approximate surface area is 225 Å². The van der Waals surface area contributed by atoms with Gasteiger partial charge in [0.15, 0.2) is 5.69 Å². The van der Waals surface area contributed by atoms with Crippen molar-refractivity contribution < 1.29 is 21.0 Å². The average molecular weight is 515 g/mol. The summed E-state index contributed by atoms with van der Waals surface area (Å²) in [6.07, 6.45) is 0. The van der Waals surface area contributed by atoms with Gasteiger partial charge in [0, 0.05) is 48.4 Å². The second kappa shape index (κ2) is 9.51. The number of nitrogens with one attached hydrogen (secondary N) is 1. The number of anilines is 1. The van der Waals surface area contributed by atoms with Crippen LogP contribution in [0.3, 0.4) is 0 Å². The summed E-state index contributed by atoms with van der Waals surface area (Å²) in [4.78, 5) is 42.2. The smallest absolute Gasteiger partial charge is 0.290 e. The van der Waals surface area contributed by atoms with E-state index < -0.39 is 25.2 Å². The largest absolute Gasteiger partial charge is 0.381 e. The zero-order valence-corrected chi connectivity index (χ0v) is 20.8. The monoisotopic (exact) mass is 514 g/mol. The number of pyridine rings is 1. The number of carbonyl (C=O) groups is 2.